The number of hydrogen-bond acceptors (Lipinski definition) is 6. The van der Waals surface area contributed by atoms with Gasteiger partial charge < -0.3 is 29.9 Å². The maximum absolute atomic E-state index is 11.5. The summed E-state index contributed by atoms with van der Waals surface area (Å²) in [6.07, 6.45) is 8.55. The van der Waals surface area contributed by atoms with Crippen LogP contribution in [0.4, 0.5) is 0 Å². The van der Waals surface area contributed by atoms with Crippen LogP contribution in [0.3, 0.4) is 0 Å². The molecule has 0 spiro atoms. The van der Waals surface area contributed by atoms with Gasteiger partial charge in [0.2, 0.25) is 0 Å². The Morgan fingerprint density at radius 1 is 1.07 bits per heavy atom. The molecular formula is C33H52O7. The molecule has 0 aromatic rings. The molecule has 1 heterocycles. The van der Waals surface area contributed by atoms with Gasteiger partial charge in [0.1, 0.15) is 18.3 Å². The van der Waals surface area contributed by atoms with Crippen LogP contribution in [0.2, 0.25) is 0 Å². The second-order valence-corrected chi connectivity index (χ2v) is 13.7. The number of aliphatic hydroxyl groups is 3. The van der Waals surface area contributed by atoms with E-state index in [9.17, 15) is 25.2 Å². The van der Waals surface area contributed by atoms with E-state index >= 15 is 0 Å². The number of fused-ring (bicyclic) bond motifs is 1. The van der Waals surface area contributed by atoms with Crippen molar-refractivity contribution in [1.29, 1.82) is 0 Å². The fourth-order valence-corrected chi connectivity index (χ4v) is 8.11. The summed E-state index contributed by atoms with van der Waals surface area (Å²) in [5.74, 6) is 1.55. The number of rotatable bonds is 9. The van der Waals surface area contributed by atoms with Crippen LogP contribution in [-0.2, 0) is 14.3 Å². The monoisotopic (exact) mass is 560 g/mol. The molecule has 7 heteroatoms. The van der Waals surface area contributed by atoms with Crippen LogP contribution in [0.25, 0.3) is 0 Å². The molecule has 1 aliphatic heterocycles. The van der Waals surface area contributed by atoms with Crippen molar-refractivity contribution in [2.24, 2.45) is 29.1 Å². The molecule has 0 amide bonds. The van der Waals surface area contributed by atoms with E-state index in [0.717, 1.165) is 41.7 Å². The van der Waals surface area contributed by atoms with E-state index in [4.69, 9.17) is 9.47 Å². The first-order chi connectivity index (χ1) is 18.9. The van der Waals surface area contributed by atoms with E-state index < -0.39 is 36.7 Å². The topological polar surface area (TPSA) is 116 Å². The lowest BCUT2D eigenvalue weighted by atomic mass is 9.60. The Balaban J connectivity index is 1.42. The predicted octanol–water partition coefficient (Wildman–Crippen LogP) is 5.54. The molecule has 4 N–H and O–H groups in total. The van der Waals surface area contributed by atoms with E-state index in [1.54, 1.807) is 5.57 Å². The summed E-state index contributed by atoms with van der Waals surface area (Å²) < 4.78 is 11.3. The first-order valence-corrected chi connectivity index (χ1v) is 15.6. The first kappa shape index (κ1) is 31.4. The van der Waals surface area contributed by atoms with Crippen LogP contribution in [0, 0.1) is 29.1 Å². The van der Waals surface area contributed by atoms with Crippen molar-refractivity contribution in [2.75, 3.05) is 0 Å². The van der Waals surface area contributed by atoms with E-state index in [1.807, 2.05) is 0 Å². The van der Waals surface area contributed by atoms with Crippen LogP contribution in [0.5, 0.6) is 0 Å². The van der Waals surface area contributed by atoms with E-state index in [1.165, 1.54) is 44.9 Å². The minimum atomic E-state index is -1.72. The van der Waals surface area contributed by atoms with E-state index in [-0.39, 0.29) is 6.10 Å². The maximum atomic E-state index is 11.5. The Bertz CT molecular complexity index is 970. The number of ether oxygens (including phenoxy) is 2. The number of carbonyl (C=O) groups is 1. The van der Waals surface area contributed by atoms with E-state index in [0.29, 0.717) is 24.2 Å². The van der Waals surface area contributed by atoms with Crippen molar-refractivity contribution in [3.05, 3.63) is 35.5 Å². The zero-order valence-electron chi connectivity index (χ0n) is 24.9. The minimum Gasteiger partial charge on any atom is -0.479 e. The Hall–Kier alpha value is -1.51. The summed E-state index contributed by atoms with van der Waals surface area (Å²) in [6.45, 7) is 13.9. The minimum absolute atomic E-state index is 0.314. The van der Waals surface area contributed by atoms with Gasteiger partial charge in [-0.1, -0.05) is 76.8 Å². The predicted molar refractivity (Wildman–Crippen MR) is 154 cm³/mol. The summed E-state index contributed by atoms with van der Waals surface area (Å²) in [7, 11) is 0. The van der Waals surface area contributed by atoms with Crippen LogP contribution < -0.4 is 0 Å². The normalized spacial score (nSPS) is 41.5. The molecule has 0 aromatic heterocycles. The molecule has 3 saturated carbocycles. The summed E-state index contributed by atoms with van der Waals surface area (Å²) >= 11 is 0. The highest BCUT2D eigenvalue weighted by Crippen LogP contribution is 2.60. The third-order valence-electron chi connectivity index (χ3n) is 10.5. The fraction of sp³-hybridized carbons (Fsp3) is 0.788. The highest BCUT2D eigenvalue weighted by atomic mass is 16.7. The molecule has 1 saturated heterocycles. The fourth-order valence-electron chi connectivity index (χ4n) is 8.11. The number of hydrogen-bond donors (Lipinski definition) is 4. The van der Waals surface area contributed by atoms with Gasteiger partial charge in [-0.25, -0.2) is 4.79 Å². The summed E-state index contributed by atoms with van der Waals surface area (Å²) in [5, 5.41) is 39.8. The Morgan fingerprint density at radius 3 is 2.52 bits per heavy atom. The van der Waals surface area contributed by atoms with Crippen LogP contribution >= 0.6 is 0 Å². The molecule has 0 aromatic carbocycles. The third-order valence-corrected chi connectivity index (χ3v) is 10.5. The zero-order chi connectivity index (χ0) is 29.2. The average molecular weight is 561 g/mol. The highest BCUT2D eigenvalue weighted by Gasteiger charge is 2.51. The lowest BCUT2D eigenvalue weighted by Crippen LogP contribution is -2.60. The standard InChI is InChI=1S/C33H52O7/c1-19(2)8-6-9-21(4)25-15-16-26-22(10-7-17-33(25,26)5)12-13-23-18-24(14-11-20(23)3)39-32-29(36)27(34)28(35)30(40-32)31(37)38/h12-13,19,21,24-30,32,34-36H,3,6-11,14-18H2,1-2,4-5H3,(H,37,38)/b22-12+,23-13-/t21-,24+,25-,26+,27+,28-,29-,30-,32+,33+/m0/s1. The molecule has 3 aliphatic carbocycles. The lowest BCUT2D eigenvalue weighted by Gasteiger charge is -2.44. The molecule has 0 bridgehead atoms. The van der Waals surface area contributed by atoms with Crippen molar-refractivity contribution in [3.8, 4) is 0 Å². The van der Waals surface area contributed by atoms with Crippen LogP contribution in [-0.4, -0.2) is 63.2 Å². The summed E-state index contributed by atoms with van der Waals surface area (Å²) in [6, 6.07) is 0. The van der Waals surface area contributed by atoms with Gasteiger partial charge in [0.25, 0.3) is 0 Å². The molecule has 40 heavy (non-hydrogen) atoms. The van der Waals surface area contributed by atoms with Crippen LogP contribution in [0.1, 0.15) is 98.3 Å². The van der Waals surface area contributed by atoms with Gasteiger partial charge in [-0.3, -0.25) is 0 Å². The Kier molecular flexibility index (Phi) is 10.4. The molecule has 4 rings (SSSR count). The largest absolute Gasteiger partial charge is 0.479 e. The van der Waals surface area contributed by atoms with Crippen molar-refractivity contribution in [1.82, 2.24) is 0 Å². The molecule has 0 radical (unpaired) electrons. The second-order valence-electron chi connectivity index (χ2n) is 13.7. The zero-order valence-corrected chi connectivity index (χ0v) is 24.9. The van der Waals surface area contributed by atoms with Gasteiger partial charge in [0.15, 0.2) is 12.4 Å². The molecule has 0 unspecified atom stereocenters. The molecule has 7 nitrogen and oxygen atoms in total. The molecule has 4 aliphatic rings. The van der Waals surface area contributed by atoms with Gasteiger partial charge >= 0.3 is 5.97 Å². The molecule has 10 atom stereocenters. The molecular weight excluding hydrogens is 508 g/mol. The Morgan fingerprint density at radius 2 is 1.82 bits per heavy atom. The van der Waals surface area contributed by atoms with Gasteiger partial charge in [-0.05, 0) is 86.0 Å². The number of aliphatic carboxylic acids is 1. The smallest absolute Gasteiger partial charge is 0.335 e. The Labute approximate surface area is 240 Å². The number of allylic oxidation sites excluding steroid dienone is 4. The van der Waals surface area contributed by atoms with Gasteiger partial charge in [-0.15, -0.1) is 0 Å². The van der Waals surface area contributed by atoms with Crippen molar-refractivity contribution >= 4 is 5.97 Å². The molecule has 4 fully saturated rings. The van der Waals surface area contributed by atoms with Crippen molar-refractivity contribution in [3.63, 3.8) is 0 Å². The molecule has 226 valence electrons. The van der Waals surface area contributed by atoms with E-state index in [2.05, 4.69) is 46.4 Å². The van der Waals surface area contributed by atoms with Crippen LogP contribution in [0.15, 0.2) is 35.5 Å². The number of carboxylic acid groups (broad SMARTS) is 1. The van der Waals surface area contributed by atoms with Crippen molar-refractivity contribution in [2.45, 2.75) is 135 Å². The van der Waals surface area contributed by atoms with Gasteiger partial charge in [-0.2, -0.15) is 0 Å². The lowest BCUT2D eigenvalue weighted by molar-refractivity contribution is -0.304. The van der Waals surface area contributed by atoms with Crippen molar-refractivity contribution < 1.29 is 34.7 Å². The average Bonchev–Trinajstić information content (AvgIpc) is 3.26. The maximum Gasteiger partial charge on any atom is 0.335 e. The SMILES string of the molecule is C=C1CC[C@@H](O[C@@H]2O[C@H](C(=O)O)[C@@H](O)[C@@H](O)[C@@H]2O)C/C1=C/C=C1\CCC[C@@]2(C)[C@@H]1CC[C@H]2[C@@H](C)CCCC(C)C. The second kappa shape index (κ2) is 13.2. The number of aliphatic hydroxyl groups excluding tert-OH is 3. The summed E-state index contributed by atoms with van der Waals surface area (Å²) in [4.78, 5) is 11.5. The van der Waals surface area contributed by atoms with Gasteiger partial charge in [0.05, 0.1) is 6.10 Å². The third kappa shape index (κ3) is 6.75. The quantitative estimate of drug-likeness (QED) is 0.293. The van der Waals surface area contributed by atoms with Gasteiger partial charge in [0, 0.05) is 0 Å². The summed E-state index contributed by atoms with van der Waals surface area (Å²) in [5.41, 5.74) is 4.10. The number of carboxylic acids is 1. The first-order valence-electron chi connectivity index (χ1n) is 15.6. The highest BCUT2D eigenvalue weighted by molar-refractivity contribution is 5.73.